The number of fused-ring (bicyclic) bond motifs is 10. The van der Waals surface area contributed by atoms with E-state index in [-0.39, 0.29) is 0 Å². The monoisotopic (exact) mass is 518 g/mol. The van der Waals surface area contributed by atoms with Gasteiger partial charge in [-0.2, -0.15) is 0 Å². The summed E-state index contributed by atoms with van der Waals surface area (Å²) in [5, 5.41) is 0. The fourth-order valence-corrected chi connectivity index (χ4v) is 7.86. The third kappa shape index (κ3) is 1.78. The van der Waals surface area contributed by atoms with E-state index in [2.05, 4.69) is 171 Å². The molecule has 0 saturated heterocycles. The van der Waals surface area contributed by atoms with Gasteiger partial charge < -0.3 is 0 Å². The quantitative estimate of drug-likeness (QED) is 0.272. The highest BCUT2D eigenvalue weighted by atomic mass is 15.7. The Labute approximate surface area is 228 Å². The maximum Gasteiger partial charge on any atom is 0.770 e. The number of hydrogen-bond acceptors (Lipinski definition) is 0. The molecule has 11 rings (SSSR count). The van der Waals surface area contributed by atoms with Crippen LogP contribution in [0.1, 0.15) is 22.8 Å². The third-order valence-corrected chi connectivity index (χ3v) is 9.31. The highest BCUT2D eigenvalue weighted by Gasteiger charge is 2.89. The summed E-state index contributed by atoms with van der Waals surface area (Å²) in [6.45, 7) is 0. The van der Waals surface area contributed by atoms with Crippen LogP contribution in [0.2, 0.25) is 0 Å². The van der Waals surface area contributed by atoms with Crippen LogP contribution in [0.25, 0.3) is 0 Å². The molecule has 0 amide bonds. The summed E-state index contributed by atoms with van der Waals surface area (Å²) in [4.78, 5) is 0. The van der Waals surface area contributed by atoms with Crippen molar-refractivity contribution >= 4 is 47.6 Å². The molecule has 0 fully saturated rings. The highest BCUT2D eigenvalue weighted by Crippen LogP contribution is 2.53. The van der Waals surface area contributed by atoms with Crippen molar-refractivity contribution in [2.24, 2.45) is 0 Å². The molecule has 8 nitrogen and oxygen atoms in total. The van der Waals surface area contributed by atoms with Crippen molar-refractivity contribution in [2.45, 2.75) is 11.8 Å². The Kier molecular flexibility index (Phi) is 2.96. The predicted molar refractivity (Wildman–Crippen MR) is 140 cm³/mol. The number of benzene rings is 1. The van der Waals surface area contributed by atoms with Crippen molar-refractivity contribution in [1.82, 2.24) is 0 Å². The molecule has 0 atom stereocenters. The first kappa shape index (κ1) is 19.6. The second-order valence-corrected chi connectivity index (χ2v) is 11.0. The Balaban J connectivity index is 1.25. The Morgan fingerprint density at radius 1 is 0.350 bits per heavy atom. The Hall–Kier alpha value is -5.50. The molecule has 0 saturated carbocycles. The average molecular weight is 519 g/mol. The number of aromatic nitrogens is 4. The van der Waals surface area contributed by atoms with E-state index in [4.69, 9.17) is 0 Å². The Morgan fingerprint density at radius 2 is 0.625 bits per heavy atom. The van der Waals surface area contributed by atoms with Gasteiger partial charge in [-0.3, -0.25) is 0 Å². The normalized spacial score (nSPS) is 19.0. The van der Waals surface area contributed by atoms with Crippen molar-refractivity contribution in [1.29, 1.82) is 0 Å². The zero-order chi connectivity index (χ0) is 25.8. The fraction of sp³-hybridized carbons (Fsp3) is 0.0625. The van der Waals surface area contributed by atoms with E-state index in [1.165, 1.54) is 45.5 Å². The molecule has 1 aromatic carbocycles. The topological polar surface area (TPSA) is 27.6 Å². The summed E-state index contributed by atoms with van der Waals surface area (Å²) < 4.78 is 19.2. The molecule has 0 aliphatic carbocycles. The number of nitrogens with zero attached hydrogens (tertiary/aromatic N) is 8. The molecule has 2 spiro atoms. The van der Waals surface area contributed by atoms with E-state index in [9.17, 15) is 0 Å². The molecule has 6 aliphatic rings. The van der Waals surface area contributed by atoms with Gasteiger partial charge in [0, 0.05) is 85.1 Å². The van der Waals surface area contributed by atoms with Crippen LogP contribution < -0.4 is 18.3 Å². The second kappa shape index (κ2) is 6.05. The Morgan fingerprint density at radius 3 is 0.900 bits per heavy atom. The van der Waals surface area contributed by atoms with Crippen LogP contribution in [0.4, 0.5) is 22.7 Å². The van der Waals surface area contributed by atoms with Crippen LogP contribution >= 0.6 is 0 Å². The van der Waals surface area contributed by atoms with Gasteiger partial charge in [0.1, 0.15) is 0 Å². The summed E-state index contributed by atoms with van der Waals surface area (Å²) in [5.41, 5.74) is 9.41. The maximum absolute atomic E-state index is 2.43. The van der Waals surface area contributed by atoms with Crippen molar-refractivity contribution in [3.05, 3.63) is 132 Å². The molecule has 0 unspecified atom stereocenters. The minimum Gasteiger partial charge on any atom is -0.0495 e. The van der Waals surface area contributed by atoms with Crippen LogP contribution in [0.5, 0.6) is 0 Å². The van der Waals surface area contributed by atoms with Crippen LogP contribution in [0, 0.1) is 0 Å². The number of pyridine rings is 4. The predicted octanol–water partition coefficient (Wildman–Crippen LogP) is 0.802. The zero-order valence-corrected chi connectivity index (χ0v) is 21.3. The molecule has 8 heteroatoms. The first-order valence-electron chi connectivity index (χ1n) is 13.6. The SMILES string of the molecule is C1=[N+]2c3cc4c(cc3[N+]3=Cc5cccc[n+]5C23[n+]2ccccc21)[N+]1=Cc2cccc[n+]2C12[N+]4=Cc1cccc[n+]12. The molecular formula is C32H22N8+8. The van der Waals surface area contributed by atoms with E-state index in [1.54, 1.807) is 0 Å². The smallest absolute Gasteiger partial charge is 0.0495 e. The summed E-state index contributed by atoms with van der Waals surface area (Å²) in [6, 6.07) is 30.4. The molecule has 10 heterocycles. The summed E-state index contributed by atoms with van der Waals surface area (Å²) in [5.74, 6) is -1.14. The lowest BCUT2D eigenvalue weighted by Crippen LogP contribution is -2.77. The maximum atomic E-state index is 2.43. The standard InChI is InChI=1S/C32H22N8/c1-5-13-33-23(9-1)19-37-27-17-29-30(18-28(27)38-20-24-10-2-6-14-34(24)31(33,37)38)40-22-26-12-4-8-16-36(26)32(40)35-15-7-3-11-25(35)21-39(29)32/h1-22H/q+8. The van der Waals surface area contributed by atoms with Crippen molar-refractivity contribution in [3.8, 4) is 0 Å². The van der Waals surface area contributed by atoms with Gasteiger partial charge in [-0.1, -0.05) is 0 Å². The average Bonchev–Trinajstić information content (AvgIpc) is 3.79. The minimum atomic E-state index is -0.569. The molecule has 5 aromatic rings. The molecule has 182 valence electrons. The van der Waals surface area contributed by atoms with Gasteiger partial charge in [0.15, 0.2) is 24.8 Å². The largest absolute Gasteiger partial charge is 0.770 e. The molecule has 4 aromatic heterocycles. The van der Waals surface area contributed by atoms with Gasteiger partial charge in [0.2, 0.25) is 0 Å². The lowest BCUT2D eigenvalue weighted by atomic mass is 10.2. The van der Waals surface area contributed by atoms with Crippen molar-refractivity contribution in [2.75, 3.05) is 0 Å². The minimum absolute atomic E-state index is 0.569. The van der Waals surface area contributed by atoms with E-state index in [1.807, 2.05) is 0 Å². The van der Waals surface area contributed by atoms with Crippen LogP contribution in [-0.4, -0.2) is 43.2 Å². The van der Waals surface area contributed by atoms with Gasteiger partial charge in [0.25, 0.3) is 47.6 Å². The second-order valence-electron chi connectivity index (χ2n) is 11.0. The lowest BCUT2D eigenvalue weighted by Gasteiger charge is -2.02. The van der Waals surface area contributed by atoms with Crippen molar-refractivity contribution < 1.29 is 36.6 Å². The molecule has 40 heavy (non-hydrogen) atoms. The van der Waals surface area contributed by atoms with Gasteiger partial charge >= 0.3 is 34.6 Å². The van der Waals surface area contributed by atoms with Crippen LogP contribution in [-0.2, 0) is 11.8 Å². The molecule has 0 radical (unpaired) electrons. The molecule has 6 aliphatic heterocycles. The molecule has 0 bridgehead atoms. The van der Waals surface area contributed by atoms with E-state index in [0.29, 0.717) is 0 Å². The van der Waals surface area contributed by atoms with Crippen molar-refractivity contribution in [3.63, 3.8) is 0 Å². The molecular weight excluding hydrogens is 496 g/mol. The Bertz CT molecular complexity index is 1930. The lowest BCUT2D eigenvalue weighted by molar-refractivity contribution is -1.21. The first-order chi connectivity index (χ1) is 19.8. The van der Waals surface area contributed by atoms with E-state index < -0.39 is 11.8 Å². The van der Waals surface area contributed by atoms with Gasteiger partial charge in [-0.05, 0) is 24.3 Å². The summed E-state index contributed by atoms with van der Waals surface area (Å²) >= 11 is 0. The number of rotatable bonds is 0. The van der Waals surface area contributed by atoms with Gasteiger partial charge in [-0.15, -0.1) is 0 Å². The highest BCUT2D eigenvalue weighted by molar-refractivity contribution is 5.83. The number of hydrogen-bond donors (Lipinski definition) is 0. The fourth-order valence-electron chi connectivity index (χ4n) is 7.86. The third-order valence-electron chi connectivity index (χ3n) is 9.31. The van der Waals surface area contributed by atoms with E-state index >= 15 is 0 Å². The summed E-state index contributed by atoms with van der Waals surface area (Å²) in [7, 11) is 0. The van der Waals surface area contributed by atoms with E-state index in [0.717, 1.165) is 0 Å². The van der Waals surface area contributed by atoms with Gasteiger partial charge in [-0.25, -0.2) is 0 Å². The zero-order valence-electron chi connectivity index (χ0n) is 21.3. The molecule has 0 N–H and O–H groups in total. The van der Waals surface area contributed by atoms with Gasteiger partial charge in [0.05, 0.1) is 12.1 Å². The summed E-state index contributed by atoms with van der Waals surface area (Å²) in [6.07, 6.45) is 17.9. The first-order valence-corrected chi connectivity index (χ1v) is 13.6. The van der Waals surface area contributed by atoms with Crippen LogP contribution in [0.3, 0.4) is 0 Å². The van der Waals surface area contributed by atoms with Crippen LogP contribution in [0.15, 0.2) is 110 Å².